The molecule has 2 aliphatic heterocycles. The summed E-state index contributed by atoms with van der Waals surface area (Å²) in [5.41, 5.74) is 3.66. The average Bonchev–Trinajstić information content (AvgIpc) is 2.75. The number of rotatable bonds is 8. The predicted molar refractivity (Wildman–Crippen MR) is 96.8 cm³/mol. The first-order valence-electron chi connectivity index (χ1n) is 7.77. The SMILES string of the molecule is C=C1N=C(N)C=CN1[C@@H]1O[C@](C)(COP(=O)(O)OP(=O)(O)OP(=O)(O)O)[C@@H](O)[C@H]1O. The van der Waals surface area contributed by atoms with Crippen molar-refractivity contribution in [3.05, 3.63) is 24.7 Å². The first-order chi connectivity index (χ1) is 13.4. The van der Waals surface area contributed by atoms with E-state index in [4.69, 9.17) is 25.2 Å². The third-order valence-electron chi connectivity index (χ3n) is 3.80. The molecule has 19 heteroatoms. The number of aliphatic hydroxyl groups excluding tert-OH is 2. The van der Waals surface area contributed by atoms with E-state index in [0.29, 0.717) is 0 Å². The van der Waals surface area contributed by atoms with Gasteiger partial charge in [-0.3, -0.25) is 4.52 Å². The van der Waals surface area contributed by atoms with Crippen LogP contribution in [0.2, 0.25) is 0 Å². The van der Waals surface area contributed by atoms with Crippen LogP contribution in [-0.4, -0.2) is 71.2 Å². The molecule has 2 aliphatic rings. The molecule has 0 saturated carbocycles. The number of hydrogen-bond donors (Lipinski definition) is 7. The summed E-state index contributed by atoms with van der Waals surface area (Å²) in [6, 6.07) is 0. The lowest BCUT2D eigenvalue weighted by molar-refractivity contribution is -0.122. The van der Waals surface area contributed by atoms with Gasteiger partial charge in [0.15, 0.2) is 6.23 Å². The molecule has 2 rings (SSSR count). The first-order valence-corrected chi connectivity index (χ1v) is 12.3. The Hall–Kier alpha value is -0.960. The molecule has 30 heavy (non-hydrogen) atoms. The number of hydrogen-bond acceptors (Lipinski definition) is 12. The standard InChI is InChI=1S/C11H20N3O13P3/c1-6-13-7(12)3-4-14(6)10-8(15)9(16)11(2,25-10)5-24-29(20,21)27-30(22,23)26-28(17,18)19/h3-4,8-10,15-16H,1,5H2,2H3,(H2,12,13)(H,20,21)(H,22,23)(H2,17,18,19)/t8-,9+,10-,11-/m1/s1. The Morgan fingerprint density at radius 3 is 2.37 bits per heavy atom. The molecule has 16 nitrogen and oxygen atoms in total. The third-order valence-corrected chi connectivity index (χ3v) is 7.58. The molecule has 0 bridgehead atoms. The van der Waals surface area contributed by atoms with Crippen LogP contribution in [0.5, 0.6) is 0 Å². The molecule has 0 aliphatic carbocycles. The van der Waals surface area contributed by atoms with Crippen LogP contribution in [0.15, 0.2) is 29.7 Å². The molecule has 1 fully saturated rings. The summed E-state index contributed by atoms with van der Waals surface area (Å²) >= 11 is 0. The molecule has 0 amide bonds. The average molecular weight is 495 g/mol. The monoisotopic (exact) mass is 495 g/mol. The number of aliphatic imine (C=N–C) groups is 1. The number of phosphoric acid groups is 3. The van der Waals surface area contributed by atoms with Crippen LogP contribution < -0.4 is 5.73 Å². The predicted octanol–water partition coefficient (Wildman–Crippen LogP) is -1.18. The molecule has 172 valence electrons. The third kappa shape index (κ3) is 6.28. The maximum Gasteiger partial charge on any atom is 0.490 e. The normalized spacial score (nSPS) is 33.8. The van der Waals surface area contributed by atoms with Crippen LogP contribution in [0, 0.1) is 0 Å². The van der Waals surface area contributed by atoms with E-state index in [0.717, 1.165) is 0 Å². The van der Waals surface area contributed by atoms with Gasteiger partial charge in [-0.15, -0.1) is 0 Å². The second-order valence-corrected chi connectivity index (χ2v) is 10.7. The quantitative estimate of drug-likeness (QED) is 0.196. The van der Waals surface area contributed by atoms with E-state index in [9.17, 15) is 28.8 Å². The summed E-state index contributed by atoms with van der Waals surface area (Å²) < 4.78 is 51.0. The summed E-state index contributed by atoms with van der Waals surface area (Å²) in [7, 11) is -16.7. The topological polar surface area (TPSA) is 251 Å². The van der Waals surface area contributed by atoms with Gasteiger partial charge in [-0.1, -0.05) is 6.58 Å². The lowest BCUT2D eigenvalue weighted by atomic mass is 9.98. The minimum Gasteiger partial charge on any atom is -0.387 e. The van der Waals surface area contributed by atoms with Crippen molar-refractivity contribution in [1.29, 1.82) is 0 Å². The zero-order valence-corrected chi connectivity index (χ0v) is 17.8. The lowest BCUT2D eigenvalue weighted by Crippen LogP contribution is -2.44. The van der Waals surface area contributed by atoms with Crippen molar-refractivity contribution in [2.45, 2.75) is 31.0 Å². The molecule has 8 N–H and O–H groups in total. The van der Waals surface area contributed by atoms with Crippen molar-refractivity contribution in [3.8, 4) is 0 Å². The van der Waals surface area contributed by atoms with Crippen molar-refractivity contribution in [3.63, 3.8) is 0 Å². The van der Waals surface area contributed by atoms with Gasteiger partial charge in [-0.2, -0.15) is 8.62 Å². The molecule has 6 atom stereocenters. The van der Waals surface area contributed by atoms with E-state index >= 15 is 0 Å². The fourth-order valence-corrected chi connectivity index (χ4v) is 5.62. The van der Waals surface area contributed by atoms with Crippen molar-refractivity contribution in [2.24, 2.45) is 10.7 Å². The number of amidine groups is 1. The van der Waals surface area contributed by atoms with E-state index in [1.165, 1.54) is 24.1 Å². The Balaban J connectivity index is 2.08. The second kappa shape index (κ2) is 8.52. The molecule has 2 unspecified atom stereocenters. The van der Waals surface area contributed by atoms with E-state index in [-0.39, 0.29) is 11.7 Å². The van der Waals surface area contributed by atoms with E-state index in [2.05, 4.69) is 24.7 Å². The maximum atomic E-state index is 11.9. The Labute approximate surface area is 169 Å². The highest BCUT2D eigenvalue weighted by molar-refractivity contribution is 7.66. The van der Waals surface area contributed by atoms with E-state index in [1.54, 1.807) is 0 Å². The van der Waals surface area contributed by atoms with Gasteiger partial charge in [0.25, 0.3) is 0 Å². The minimum atomic E-state index is -5.70. The van der Waals surface area contributed by atoms with Crippen LogP contribution in [0.1, 0.15) is 6.92 Å². The lowest BCUT2D eigenvalue weighted by Gasteiger charge is -2.32. The number of nitrogens with zero attached hydrogens (tertiary/aromatic N) is 2. The summed E-state index contributed by atoms with van der Waals surface area (Å²) in [5, 5.41) is 20.6. The molecule has 0 spiro atoms. The molecule has 0 radical (unpaired) electrons. The zero-order chi connectivity index (χ0) is 23.1. The zero-order valence-electron chi connectivity index (χ0n) is 15.2. The van der Waals surface area contributed by atoms with Crippen LogP contribution in [0.25, 0.3) is 0 Å². The van der Waals surface area contributed by atoms with E-state index in [1.807, 2.05) is 0 Å². The van der Waals surface area contributed by atoms with Gasteiger partial charge in [0.2, 0.25) is 0 Å². The fourth-order valence-electron chi connectivity index (χ4n) is 2.50. The van der Waals surface area contributed by atoms with Gasteiger partial charge in [0.05, 0.1) is 6.61 Å². The summed E-state index contributed by atoms with van der Waals surface area (Å²) in [6.07, 6.45) is -1.83. The smallest absolute Gasteiger partial charge is 0.387 e. The molecule has 0 aromatic heterocycles. The van der Waals surface area contributed by atoms with Gasteiger partial charge < -0.3 is 45.2 Å². The van der Waals surface area contributed by atoms with Crippen molar-refractivity contribution >= 4 is 29.3 Å². The number of ether oxygens (including phenoxy) is 1. The van der Waals surface area contributed by atoms with Gasteiger partial charge in [0, 0.05) is 6.20 Å². The van der Waals surface area contributed by atoms with Crippen LogP contribution in [0.3, 0.4) is 0 Å². The second-order valence-electron chi connectivity index (χ2n) is 6.30. The minimum absolute atomic E-state index is 0.0587. The number of nitrogens with two attached hydrogens (primary N) is 1. The Morgan fingerprint density at radius 1 is 1.23 bits per heavy atom. The van der Waals surface area contributed by atoms with Gasteiger partial charge in [-0.05, 0) is 13.0 Å². The molecular formula is C11H20N3O13P3. The van der Waals surface area contributed by atoms with Crippen molar-refractivity contribution in [1.82, 2.24) is 4.90 Å². The summed E-state index contributed by atoms with van der Waals surface area (Å²) in [5.74, 6) is 0.183. The van der Waals surface area contributed by atoms with Gasteiger partial charge in [-0.25, -0.2) is 18.7 Å². The van der Waals surface area contributed by atoms with Crippen LogP contribution in [0.4, 0.5) is 0 Å². The summed E-state index contributed by atoms with van der Waals surface area (Å²) in [4.78, 5) is 40.8. The van der Waals surface area contributed by atoms with Gasteiger partial charge >= 0.3 is 23.5 Å². The Morgan fingerprint density at radius 2 is 1.83 bits per heavy atom. The van der Waals surface area contributed by atoms with Crippen molar-refractivity contribution < 1.29 is 61.4 Å². The molecule has 2 heterocycles. The molecule has 0 aromatic rings. The number of phosphoric ester groups is 1. The Kier molecular flexibility index (Phi) is 7.19. The highest BCUT2D eigenvalue weighted by Gasteiger charge is 2.55. The van der Waals surface area contributed by atoms with Gasteiger partial charge in [0.1, 0.15) is 29.5 Å². The highest BCUT2D eigenvalue weighted by atomic mass is 31.3. The highest BCUT2D eigenvalue weighted by Crippen LogP contribution is 2.66. The number of aliphatic hydroxyl groups is 2. The largest absolute Gasteiger partial charge is 0.490 e. The molecule has 1 saturated heterocycles. The van der Waals surface area contributed by atoms with Crippen LogP contribution in [-0.2, 0) is 31.6 Å². The fraction of sp³-hybridized carbons (Fsp3) is 0.545. The first kappa shape index (κ1) is 25.3. The molecule has 0 aromatic carbocycles. The Bertz CT molecular complexity index is 902. The summed E-state index contributed by atoms with van der Waals surface area (Å²) in [6.45, 7) is 3.82. The van der Waals surface area contributed by atoms with Crippen molar-refractivity contribution in [2.75, 3.05) is 6.61 Å². The molecular weight excluding hydrogens is 475 g/mol. The maximum absolute atomic E-state index is 11.9. The van der Waals surface area contributed by atoms with E-state index < -0.39 is 54.1 Å². The van der Waals surface area contributed by atoms with Crippen LogP contribution >= 0.6 is 23.5 Å².